The van der Waals surface area contributed by atoms with Crippen LogP contribution in [0.2, 0.25) is 0 Å². The molecule has 0 amide bonds. The number of aliphatic hydroxyl groups is 1. The lowest BCUT2D eigenvalue weighted by Crippen LogP contribution is -2.32. The molecule has 1 saturated carbocycles. The fraction of sp³-hybridized carbons (Fsp3) is 0.538. The highest BCUT2D eigenvalue weighted by molar-refractivity contribution is 8.00. The van der Waals surface area contributed by atoms with Crippen LogP contribution in [-0.4, -0.2) is 38.2 Å². The Bertz CT molecular complexity index is 582. The lowest BCUT2D eigenvalue weighted by atomic mass is 10.2. The Morgan fingerprint density at radius 2 is 2.15 bits per heavy atom. The van der Waals surface area contributed by atoms with Crippen LogP contribution in [0.4, 0.5) is 0 Å². The number of ether oxygens (including phenoxy) is 1. The van der Waals surface area contributed by atoms with Crippen LogP contribution in [0.25, 0.3) is 0 Å². The molecule has 1 aliphatic rings. The lowest BCUT2D eigenvalue weighted by molar-refractivity contribution is 0.280. The Balaban J connectivity index is 2.20. The van der Waals surface area contributed by atoms with E-state index in [0.717, 1.165) is 12.8 Å². The van der Waals surface area contributed by atoms with Crippen LogP contribution in [0, 0.1) is 0 Å². The zero-order valence-corrected chi connectivity index (χ0v) is 13.2. The van der Waals surface area contributed by atoms with Crippen LogP contribution >= 0.6 is 11.8 Å². The van der Waals surface area contributed by atoms with Gasteiger partial charge in [0.2, 0.25) is 10.0 Å². The minimum Gasteiger partial charge on any atom is -0.495 e. The van der Waals surface area contributed by atoms with E-state index in [1.54, 1.807) is 17.8 Å². The number of sulfonamides is 1. The van der Waals surface area contributed by atoms with Crippen molar-refractivity contribution in [1.29, 1.82) is 0 Å². The lowest BCUT2D eigenvalue weighted by Gasteiger charge is -2.15. The first-order valence-corrected chi connectivity index (χ1v) is 9.00. The predicted octanol–water partition coefficient (Wildman–Crippen LogP) is 1.36. The minimum atomic E-state index is -3.60. The molecular formula is C13H19NO4S2. The average molecular weight is 317 g/mol. The minimum absolute atomic E-state index is 0.0609. The maximum absolute atomic E-state index is 12.3. The summed E-state index contributed by atoms with van der Waals surface area (Å²) in [5.74, 6) is 0.248. The van der Waals surface area contributed by atoms with Crippen molar-refractivity contribution in [2.75, 3.05) is 19.9 Å². The molecule has 1 fully saturated rings. The molecule has 20 heavy (non-hydrogen) atoms. The van der Waals surface area contributed by atoms with Gasteiger partial charge in [0.05, 0.1) is 13.7 Å². The molecule has 0 saturated heterocycles. The Kier molecular flexibility index (Phi) is 4.63. The number of rotatable bonds is 7. The third kappa shape index (κ3) is 3.28. The molecule has 0 atom stereocenters. The summed E-state index contributed by atoms with van der Waals surface area (Å²) in [5.41, 5.74) is 0.614. The third-order valence-corrected chi connectivity index (χ3v) is 6.38. The summed E-state index contributed by atoms with van der Waals surface area (Å²) in [5, 5.41) is 9.08. The Labute approximate surface area is 123 Å². The van der Waals surface area contributed by atoms with Crippen LogP contribution in [-0.2, 0) is 16.6 Å². The van der Waals surface area contributed by atoms with Gasteiger partial charge in [0.1, 0.15) is 10.6 Å². The molecule has 1 aromatic carbocycles. The maximum Gasteiger partial charge on any atom is 0.244 e. The maximum atomic E-state index is 12.3. The normalized spacial score (nSPS) is 16.9. The van der Waals surface area contributed by atoms with E-state index in [4.69, 9.17) is 9.84 Å². The second kappa shape index (κ2) is 5.93. The van der Waals surface area contributed by atoms with Gasteiger partial charge in [0.15, 0.2) is 0 Å². The van der Waals surface area contributed by atoms with Gasteiger partial charge in [-0.25, -0.2) is 13.1 Å². The van der Waals surface area contributed by atoms with E-state index in [1.807, 2.05) is 6.26 Å². The number of hydrogen-bond acceptors (Lipinski definition) is 5. The second-order valence-corrected chi connectivity index (χ2v) is 7.86. The van der Waals surface area contributed by atoms with Crippen molar-refractivity contribution < 1.29 is 18.3 Å². The Hall–Kier alpha value is -0.760. The summed E-state index contributed by atoms with van der Waals surface area (Å²) in [6.07, 6.45) is 4.08. The summed E-state index contributed by atoms with van der Waals surface area (Å²) < 4.78 is 32.5. The van der Waals surface area contributed by atoms with Crippen LogP contribution < -0.4 is 9.46 Å². The van der Waals surface area contributed by atoms with Crippen molar-refractivity contribution in [3.63, 3.8) is 0 Å². The van der Waals surface area contributed by atoms with Crippen LogP contribution in [0.15, 0.2) is 23.1 Å². The van der Waals surface area contributed by atoms with Gasteiger partial charge >= 0.3 is 0 Å². The van der Waals surface area contributed by atoms with Gasteiger partial charge in [-0.1, -0.05) is 6.07 Å². The van der Waals surface area contributed by atoms with Crippen molar-refractivity contribution >= 4 is 21.8 Å². The first-order valence-electron chi connectivity index (χ1n) is 6.29. The number of benzene rings is 1. The van der Waals surface area contributed by atoms with E-state index in [1.165, 1.54) is 19.2 Å². The zero-order valence-electron chi connectivity index (χ0n) is 11.5. The molecule has 0 spiro atoms. The van der Waals surface area contributed by atoms with Gasteiger partial charge in [0.25, 0.3) is 0 Å². The largest absolute Gasteiger partial charge is 0.495 e. The van der Waals surface area contributed by atoms with Crippen molar-refractivity contribution in [3.8, 4) is 5.75 Å². The summed E-state index contributed by atoms with van der Waals surface area (Å²) in [6, 6.07) is 4.58. The van der Waals surface area contributed by atoms with Crippen molar-refractivity contribution in [3.05, 3.63) is 23.8 Å². The van der Waals surface area contributed by atoms with E-state index in [-0.39, 0.29) is 22.0 Å². The van der Waals surface area contributed by atoms with E-state index in [2.05, 4.69) is 4.72 Å². The van der Waals surface area contributed by atoms with Crippen molar-refractivity contribution in [2.24, 2.45) is 0 Å². The van der Waals surface area contributed by atoms with Crippen molar-refractivity contribution in [2.45, 2.75) is 29.1 Å². The Morgan fingerprint density at radius 1 is 1.45 bits per heavy atom. The molecular weight excluding hydrogens is 298 g/mol. The molecule has 1 aliphatic carbocycles. The fourth-order valence-corrected chi connectivity index (χ4v) is 4.02. The first-order chi connectivity index (χ1) is 9.46. The molecule has 0 bridgehead atoms. The van der Waals surface area contributed by atoms with Crippen LogP contribution in [0.3, 0.4) is 0 Å². The molecule has 0 radical (unpaired) electrons. The van der Waals surface area contributed by atoms with Gasteiger partial charge in [0, 0.05) is 11.3 Å². The second-order valence-electron chi connectivity index (χ2n) is 4.86. The zero-order chi connectivity index (χ0) is 14.8. The monoisotopic (exact) mass is 317 g/mol. The number of hydrogen-bond donors (Lipinski definition) is 2. The highest BCUT2D eigenvalue weighted by Gasteiger charge is 2.42. The standard InChI is InChI=1S/C13H19NO4S2/c1-18-11-7-10(8-15)3-4-12(11)20(16,17)14-9-13(19-2)5-6-13/h3-4,7,14-15H,5-6,8-9H2,1-2H3. The average Bonchev–Trinajstić information content (AvgIpc) is 3.25. The number of thioether (sulfide) groups is 1. The summed E-state index contributed by atoms with van der Waals surface area (Å²) in [7, 11) is -2.18. The first kappa shape index (κ1) is 15.6. The highest BCUT2D eigenvalue weighted by Crippen LogP contribution is 2.46. The molecule has 2 N–H and O–H groups in total. The van der Waals surface area contributed by atoms with E-state index >= 15 is 0 Å². The summed E-state index contributed by atoms with van der Waals surface area (Å²) in [4.78, 5) is 0.106. The Morgan fingerprint density at radius 3 is 2.65 bits per heavy atom. The molecule has 2 rings (SSSR count). The van der Waals surface area contributed by atoms with E-state index < -0.39 is 10.0 Å². The van der Waals surface area contributed by atoms with Gasteiger partial charge in [-0.2, -0.15) is 11.8 Å². The van der Waals surface area contributed by atoms with Gasteiger partial charge in [-0.05, 0) is 36.8 Å². The molecule has 0 aromatic heterocycles. The molecule has 1 aromatic rings. The predicted molar refractivity (Wildman–Crippen MR) is 79.6 cm³/mol. The van der Waals surface area contributed by atoms with Gasteiger partial charge in [-0.15, -0.1) is 0 Å². The third-order valence-electron chi connectivity index (χ3n) is 3.53. The summed E-state index contributed by atoms with van der Waals surface area (Å²) >= 11 is 1.70. The van der Waals surface area contributed by atoms with E-state index in [9.17, 15) is 8.42 Å². The topological polar surface area (TPSA) is 75.6 Å². The van der Waals surface area contributed by atoms with Gasteiger partial charge < -0.3 is 9.84 Å². The summed E-state index contributed by atoms with van der Waals surface area (Å²) in [6.45, 7) is 0.279. The van der Waals surface area contributed by atoms with Crippen LogP contribution in [0.1, 0.15) is 18.4 Å². The number of nitrogens with one attached hydrogen (secondary N) is 1. The number of methoxy groups -OCH3 is 1. The molecule has 0 heterocycles. The smallest absolute Gasteiger partial charge is 0.244 e. The SMILES string of the molecule is COc1cc(CO)ccc1S(=O)(=O)NCC1(SC)CC1. The molecule has 7 heteroatoms. The molecule has 5 nitrogen and oxygen atoms in total. The number of aliphatic hydroxyl groups excluding tert-OH is 1. The highest BCUT2D eigenvalue weighted by atomic mass is 32.2. The van der Waals surface area contributed by atoms with Gasteiger partial charge in [-0.3, -0.25) is 0 Å². The molecule has 0 aliphatic heterocycles. The fourth-order valence-electron chi connectivity index (χ4n) is 1.93. The molecule has 112 valence electrons. The van der Waals surface area contributed by atoms with Crippen LogP contribution in [0.5, 0.6) is 5.75 Å². The van der Waals surface area contributed by atoms with E-state index in [0.29, 0.717) is 12.1 Å². The molecule has 0 unspecified atom stereocenters. The van der Waals surface area contributed by atoms with Crippen molar-refractivity contribution in [1.82, 2.24) is 4.72 Å². The quantitative estimate of drug-likeness (QED) is 0.794.